The maximum absolute atomic E-state index is 13.7. The predicted octanol–water partition coefficient (Wildman–Crippen LogP) is 4.88. The third kappa shape index (κ3) is 6.46. The molecule has 1 saturated heterocycles. The van der Waals surface area contributed by atoms with Gasteiger partial charge in [0.15, 0.2) is 0 Å². The number of carbonyl (C=O) groups excluding carboxylic acids is 1. The van der Waals surface area contributed by atoms with Crippen molar-refractivity contribution in [2.75, 3.05) is 20.1 Å². The van der Waals surface area contributed by atoms with E-state index < -0.39 is 35.0 Å². The molecule has 1 fully saturated rings. The van der Waals surface area contributed by atoms with Gasteiger partial charge in [0, 0.05) is 26.2 Å². The molecule has 6 nitrogen and oxygen atoms in total. The maximum Gasteiger partial charge on any atom is 0.416 e. The summed E-state index contributed by atoms with van der Waals surface area (Å²) in [5, 5.41) is 9.17. The molecule has 0 spiro atoms. The zero-order valence-corrected chi connectivity index (χ0v) is 18.3. The third-order valence-corrected chi connectivity index (χ3v) is 5.15. The van der Waals surface area contributed by atoms with E-state index >= 15 is 0 Å². The minimum atomic E-state index is -4.71. The molecule has 2 rings (SSSR count). The number of rotatable bonds is 5. The molecule has 1 aromatic rings. The van der Waals surface area contributed by atoms with Crippen molar-refractivity contribution in [3.63, 3.8) is 0 Å². The molecule has 1 N–H and O–H groups in total. The first-order valence-electron chi connectivity index (χ1n) is 10.0. The molecule has 0 unspecified atom stereocenters. The number of halogens is 3. The minimum absolute atomic E-state index is 0.0203. The fraction of sp³-hybridized carbons (Fsp3) is 0.545. The number of carboxylic acids is 1. The topological polar surface area (TPSA) is 70.1 Å². The Morgan fingerprint density at radius 3 is 2.48 bits per heavy atom. The van der Waals surface area contributed by atoms with Crippen LogP contribution >= 0.6 is 0 Å². The van der Waals surface area contributed by atoms with Crippen LogP contribution in [0, 0.1) is 0 Å². The first kappa shape index (κ1) is 24.7. The molecule has 1 aliphatic rings. The molecular formula is C22H29F3N2O4. The summed E-state index contributed by atoms with van der Waals surface area (Å²) in [5.41, 5.74) is -1.95. The van der Waals surface area contributed by atoms with E-state index in [1.807, 2.05) is 4.90 Å². The summed E-state index contributed by atoms with van der Waals surface area (Å²) >= 11 is 0. The van der Waals surface area contributed by atoms with Crippen molar-refractivity contribution < 1.29 is 32.6 Å². The third-order valence-electron chi connectivity index (χ3n) is 5.15. The highest BCUT2D eigenvalue weighted by Gasteiger charge is 2.36. The Kier molecular flexibility index (Phi) is 7.41. The molecule has 0 aromatic heterocycles. The molecule has 1 heterocycles. The molecule has 172 valence electrons. The molecule has 1 aliphatic heterocycles. The number of hydrogen-bond acceptors (Lipinski definition) is 4. The van der Waals surface area contributed by atoms with Crippen LogP contribution in [0.1, 0.15) is 60.7 Å². The van der Waals surface area contributed by atoms with E-state index in [-0.39, 0.29) is 23.7 Å². The molecule has 9 heteroatoms. The number of ether oxygens (including phenoxy) is 1. The molecule has 0 aliphatic carbocycles. The quantitative estimate of drug-likeness (QED) is 0.704. The summed E-state index contributed by atoms with van der Waals surface area (Å²) in [7, 11) is 1.63. The van der Waals surface area contributed by atoms with E-state index in [0.717, 1.165) is 0 Å². The van der Waals surface area contributed by atoms with Crippen LogP contribution in [0.3, 0.4) is 0 Å². The first-order chi connectivity index (χ1) is 14.2. The Labute approximate surface area is 180 Å². The van der Waals surface area contributed by atoms with Gasteiger partial charge in [-0.15, -0.1) is 0 Å². The smallest absolute Gasteiger partial charge is 0.416 e. The number of likely N-dealkylation sites (N-methyl/N-ethyl adjacent to an activating group) is 1. The SMILES string of the molecule is C=Cc1cc(C(=O)O)cc(C(F)(F)F)c1CN1CCC[C@H](N(C)C(=O)OC(C)(C)C)C1. The highest BCUT2D eigenvalue weighted by molar-refractivity contribution is 5.89. The summed E-state index contributed by atoms with van der Waals surface area (Å²) in [5.74, 6) is -1.43. The van der Waals surface area contributed by atoms with E-state index in [9.17, 15) is 27.9 Å². The molecule has 1 aromatic carbocycles. The van der Waals surface area contributed by atoms with Gasteiger partial charge in [0.05, 0.1) is 11.1 Å². The van der Waals surface area contributed by atoms with Crippen LogP contribution in [0.25, 0.3) is 6.08 Å². The predicted molar refractivity (Wildman–Crippen MR) is 111 cm³/mol. The number of hydrogen-bond donors (Lipinski definition) is 1. The monoisotopic (exact) mass is 442 g/mol. The van der Waals surface area contributed by atoms with Gasteiger partial charge in [-0.05, 0) is 63.4 Å². The number of likely N-dealkylation sites (tertiary alicyclic amines) is 1. The van der Waals surface area contributed by atoms with Gasteiger partial charge in [-0.2, -0.15) is 13.2 Å². The van der Waals surface area contributed by atoms with Crippen LogP contribution in [0.2, 0.25) is 0 Å². The zero-order valence-electron chi connectivity index (χ0n) is 18.3. The van der Waals surface area contributed by atoms with Crippen molar-refractivity contribution >= 4 is 18.1 Å². The van der Waals surface area contributed by atoms with E-state index in [4.69, 9.17) is 4.74 Å². The van der Waals surface area contributed by atoms with Crippen molar-refractivity contribution in [1.29, 1.82) is 0 Å². The van der Waals surface area contributed by atoms with Crippen LogP contribution < -0.4 is 0 Å². The first-order valence-corrected chi connectivity index (χ1v) is 10.0. The lowest BCUT2D eigenvalue weighted by atomic mass is 9.95. The fourth-order valence-corrected chi connectivity index (χ4v) is 3.63. The Morgan fingerprint density at radius 2 is 1.97 bits per heavy atom. The molecule has 1 amide bonds. The maximum atomic E-state index is 13.7. The van der Waals surface area contributed by atoms with E-state index in [0.29, 0.717) is 32.0 Å². The summed E-state index contributed by atoms with van der Waals surface area (Å²) in [6.45, 7) is 9.77. The largest absolute Gasteiger partial charge is 0.478 e. The number of carbonyl (C=O) groups is 2. The lowest BCUT2D eigenvalue weighted by molar-refractivity contribution is -0.138. The Bertz CT molecular complexity index is 846. The van der Waals surface area contributed by atoms with E-state index in [1.165, 1.54) is 17.0 Å². The normalized spacial score (nSPS) is 17.8. The van der Waals surface area contributed by atoms with Crippen molar-refractivity contribution in [1.82, 2.24) is 9.80 Å². The summed E-state index contributed by atoms with van der Waals surface area (Å²) in [6, 6.07) is 1.66. The second-order valence-electron chi connectivity index (χ2n) is 8.72. The van der Waals surface area contributed by atoms with Crippen molar-refractivity contribution in [3.8, 4) is 0 Å². The van der Waals surface area contributed by atoms with Gasteiger partial charge >= 0.3 is 18.2 Å². The number of alkyl halides is 3. The molecular weight excluding hydrogens is 413 g/mol. The van der Waals surface area contributed by atoms with Crippen LogP contribution in [-0.2, 0) is 17.5 Å². The van der Waals surface area contributed by atoms with Gasteiger partial charge in [-0.1, -0.05) is 12.7 Å². The molecule has 0 saturated carbocycles. The Hall–Kier alpha value is -2.55. The molecule has 0 bridgehead atoms. The van der Waals surface area contributed by atoms with Gasteiger partial charge in [0.2, 0.25) is 0 Å². The highest BCUT2D eigenvalue weighted by atomic mass is 19.4. The zero-order chi connectivity index (χ0) is 23.6. The van der Waals surface area contributed by atoms with Crippen LogP contribution in [0.5, 0.6) is 0 Å². The molecule has 31 heavy (non-hydrogen) atoms. The minimum Gasteiger partial charge on any atom is -0.478 e. The van der Waals surface area contributed by atoms with Gasteiger partial charge in [-0.25, -0.2) is 9.59 Å². The van der Waals surface area contributed by atoms with Gasteiger partial charge in [0.1, 0.15) is 5.60 Å². The number of piperidine rings is 1. The lowest BCUT2D eigenvalue weighted by Crippen LogP contribution is -2.49. The Balaban J connectivity index is 2.28. The molecule has 1 atom stereocenters. The van der Waals surface area contributed by atoms with E-state index in [1.54, 1.807) is 27.8 Å². The second kappa shape index (κ2) is 9.30. The summed E-state index contributed by atoms with van der Waals surface area (Å²) in [6.07, 6.45) is -2.53. The van der Waals surface area contributed by atoms with Gasteiger partial charge < -0.3 is 14.7 Å². The Morgan fingerprint density at radius 1 is 1.32 bits per heavy atom. The number of carboxylic acid groups (broad SMARTS) is 1. The average Bonchev–Trinajstić information content (AvgIpc) is 2.65. The number of nitrogens with zero attached hydrogens (tertiary/aromatic N) is 2. The second-order valence-corrected chi connectivity index (χ2v) is 8.72. The van der Waals surface area contributed by atoms with Gasteiger partial charge in [-0.3, -0.25) is 4.90 Å². The average molecular weight is 442 g/mol. The summed E-state index contributed by atoms with van der Waals surface area (Å²) in [4.78, 5) is 27.0. The number of benzene rings is 1. The standard InChI is InChI=1S/C22H29F3N2O4/c1-6-14-10-15(19(28)29)11-18(22(23,24)25)17(14)13-27-9-7-8-16(12-27)26(5)20(30)31-21(2,3)4/h6,10-11,16H,1,7-9,12-13H2,2-5H3,(H,28,29)/t16-/m0/s1. The van der Waals surface area contributed by atoms with Gasteiger partial charge in [0.25, 0.3) is 0 Å². The van der Waals surface area contributed by atoms with Crippen LogP contribution in [0.4, 0.5) is 18.0 Å². The van der Waals surface area contributed by atoms with Crippen LogP contribution in [0.15, 0.2) is 18.7 Å². The summed E-state index contributed by atoms with van der Waals surface area (Å²) < 4.78 is 46.5. The van der Waals surface area contributed by atoms with Crippen molar-refractivity contribution in [3.05, 3.63) is 41.0 Å². The lowest BCUT2D eigenvalue weighted by Gasteiger charge is -2.38. The highest BCUT2D eigenvalue weighted by Crippen LogP contribution is 2.36. The number of amides is 1. The van der Waals surface area contributed by atoms with Crippen LogP contribution in [-0.4, -0.2) is 58.7 Å². The van der Waals surface area contributed by atoms with Crippen molar-refractivity contribution in [2.24, 2.45) is 0 Å². The fourth-order valence-electron chi connectivity index (χ4n) is 3.63. The van der Waals surface area contributed by atoms with Crippen molar-refractivity contribution in [2.45, 2.75) is 58.0 Å². The number of aromatic carboxylic acids is 1. The molecule has 0 radical (unpaired) electrons. The van der Waals surface area contributed by atoms with E-state index in [2.05, 4.69) is 6.58 Å².